The molecule has 0 saturated heterocycles. The lowest BCUT2D eigenvalue weighted by molar-refractivity contribution is 0.601. The molecule has 128 valence electrons. The third-order valence-electron chi connectivity index (χ3n) is 3.63. The summed E-state index contributed by atoms with van der Waals surface area (Å²) in [6, 6.07) is 23.0. The molecule has 0 saturated carbocycles. The monoisotopic (exact) mass is 372 g/mol. The van der Waals surface area contributed by atoms with E-state index in [1.165, 1.54) is 0 Å². The maximum atomic E-state index is 12.3. The Morgan fingerprint density at radius 1 is 0.760 bits per heavy atom. The van der Waals surface area contributed by atoms with Gasteiger partial charge in [-0.05, 0) is 48.0 Å². The maximum Gasteiger partial charge on any atom is 0.261 e. The molecule has 0 aliphatic rings. The summed E-state index contributed by atoms with van der Waals surface area (Å²) in [5.74, 6) is 0. The molecule has 3 aromatic carbocycles. The smallest absolute Gasteiger partial charge is 0.261 e. The summed E-state index contributed by atoms with van der Waals surface area (Å²) in [7, 11) is -3.57. The molecule has 0 heterocycles. The van der Waals surface area contributed by atoms with Crippen LogP contribution in [0.5, 0.6) is 0 Å². The molecular formula is C19H17ClN2O2S. The lowest BCUT2D eigenvalue weighted by atomic mass is 10.2. The van der Waals surface area contributed by atoms with Crippen molar-refractivity contribution in [3.05, 3.63) is 89.4 Å². The van der Waals surface area contributed by atoms with Gasteiger partial charge in [0.15, 0.2) is 0 Å². The fraction of sp³-hybridized carbons (Fsp3) is 0.0526. The molecule has 0 aliphatic carbocycles. The second kappa shape index (κ2) is 7.59. The van der Waals surface area contributed by atoms with Crippen LogP contribution in [0, 0.1) is 0 Å². The van der Waals surface area contributed by atoms with Crippen LogP contribution < -0.4 is 10.0 Å². The molecule has 0 amide bonds. The van der Waals surface area contributed by atoms with Gasteiger partial charge < -0.3 is 5.32 Å². The highest BCUT2D eigenvalue weighted by Crippen LogP contribution is 2.20. The van der Waals surface area contributed by atoms with Gasteiger partial charge >= 0.3 is 0 Å². The Labute approximate surface area is 152 Å². The molecule has 4 nitrogen and oxygen atoms in total. The fourth-order valence-corrected chi connectivity index (χ4v) is 3.59. The van der Waals surface area contributed by atoms with Crippen LogP contribution in [0.1, 0.15) is 5.56 Å². The zero-order valence-electron chi connectivity index (χ0n) is 13.3. The van der Waals surface area contributed by atoms with Crippen molar-refractivity contribution in [2.75, 3.05) is 10.0 Å². The molecule has 6 heteroatoms. The van der Waals surface area contributed by atoms with Gasteiger partial charge in [-0.3, -0.25) is 4.72 Å². The van der Waals surface area contributed by atoms with E-state index in [1.807, 2.05) is 36.4 Å². The van der Waals surface area contributed by atoms with Crippen LogP contribution in [0.25, 0.3) is 0 Å². The van der Waals surface area contributed by atoms with Gasteiger partial charge in [-0.15, -0.1) is 0 Å². The average Bonchev–Trinajstić information content (AvgIpc) is 2.63. The summed E-state index contributed by atoms with van der Waals surface area (Å²) in [5.41, 5.74) is 2.38. The molecule has 0 aliphatic heterocycles. The Hall–Kier alpha value is -2.50. The van der Waals surface area contributed by atoms with Gasteiger partial charge in [0.2, 0.25) is 0 Å². The number of anilines is 2. The van der Waals surface area contributed by atoms with E-state index < -0.39 is 10.0 Å². The topological polar surface area (TPSA) is 58.2 Å². The largest absolute Gasteiger partial charge is 0.381 e. The third-order valence-corrected chi connectivity index (χ3v) is 5.40. The highest BCUT2D eigenvalue weighted by molar-refractivity contribution is 7.92. The van der Waals surface area contributed by atoms with Crippen molar-refractivity contribution in [3.8, 4) is 0 Å². The number of sulfonamides is 1. The molecule has 0 fully saturated rings. The number of halogens is 1. The molecular weight excluding hydrogens is 356 g/mol. The zero-order chi connectivity index (χ0) is 17.7. The SMILES string of the molecule is O=S(=O)(Nc1ccc(NCc2ccccc2Cl)cc1)c1ccccc1. The molecule has 0 bridgehead atoms. The van der Waals surface area contributed by atoms with Crippen LogP contribution in [-0.2, 0) is 16.6 Å². The number of rotatable bonds is 6. The Bertz CT molecular complexity index is 943. The normalized spacial score (nSPS) is 11.1. The van der Waals surface area contributed by atoms with Crippen molar-refractivity contribution >= 4 is 33.0 Å². The predicted octanol–water partition coefficient (Wildman–Crippen LogP) is 4.75. The van der Waals surface area contributed by atoms with Crippen molar-refractivity contribution in [3.63, 3.8) is 0 Å². The maximum absolute atomic E-state index is 12.3. The Morgan fingerprint density at radius 3 is 2.04 bits per heavy atom. The minimum absolute atomic E-state index is 0.232. The second-order valence-electron chi connectivity index (χ2n) is 5.44. The molecule has 3 rings (SSSR count). The van der Waals surface area contributed by atoms with Crippen molar-refractivity contribution in [1.29, 1.82) is 0 Å². The molecule has 3 aromatic rings. The van der Waals surface area contributed by atoms with Gasteiger partial charge in [0, 0.05) is 22.9 Å². The van der Waals surface area contributed by atoms with Crippen LogP contribution in [0.4, 0.5) is 11.4 Å². The minimum atomic E-state index is -3.57. The van der Waals surface area contributed by atoms with Gasteiger partial charge in [-0.25, -0.2) is 8.42 Å². The Balaban J connectivity index is 1.65. The number of benzene rings is 3. The van der Waals surface area contributed by atoms with Gasteiger partial charge in [-0.2, -0.15) is 0 Å². The van der Waals surface area contributed by atoms with Crippen LogP contribution in [-0.4, -0.2) is 8.42 Å². The first-order valence-corrected chi connectivity index (χ1v) is 9.56. The third kappa shape index (κ3) is 4.53. The van der Waals surface area contributed by atoms with Crippen LogP contribution >= 0.6 is 11.6 Å². The van der Waals surface area contributed by atoms with Crippen LogP contribution in [0.3, 0.4) is 0 Å². The number of hydrogen-bond acceptors (Lipinski definition) is 3. The molecule has 0 spiro atoms. The van der Waals surface area contributed by atoms with E-state index in [1.54, 1.807) is 42.5 Å². The molecule has 2 N–H and O–H groups in total. The quantitative estimate of drug-likeness (QED) is 0.656. The first kappa shape index (κ1) is 17.3. The lowest BCUT2D eigenvalue weighted by Crippen LogP contribution is -2.12. The fourth-order valence-electron chi connectivity index (χ4n) is 2.31. The second-order valence-corrected chi connectivity index (χ2v) is 7.53. The predicted molar refractivity (Wildman–Crippen MR) is 102 cm³/mol. The average molecular weight is 373 g/mol. The molecule has 0 unspecified atom stereocenters. The Kier molecular flexibility index (Phi) is 5.26. The standard InChI is InChI=1S/C19H17ClN2O2S/c20-19-9-5-4-6-15(19)14-21-16-10-12-17(13-11-16)22-25(23,24)18-7-2-1-3-8-18/h1-13,21-22H,14H2. The van der Waals surface area contributed by atoms with Crippen LogP contribution in [0.2, 0.25) is 5.02 Å². The van der Waals surface area contributed by atoms with Crippen molar-refractivity contribution < 1.29 is 8.42 Å². The first-order valence-electron chi connectivity index (χ1n) is 7.70. The summed E-state index contributed by atoms with van der Waals surface area (Å²) < 4.78 is 27.2. The van der Waals surface area contributed by atoms with Crippen molar-refractivity contribution in [2.24, 2.45) is 0 Å². The van der Waals surface area contributed by atoms with E-state index in [0.717, 1.165) is 11.3 Å². The number of nitrogens with one attached hydrogen (secondary N) is 2. The van der Waals surface area contributed by atoms with Gasteiger partial charge in [0.1, 0.15) is 0 Å². The van der Waals surface area contributed by atoms with E-state index in [2.05, 4.69) is 10.0 Å². The highest BCUT2D eigenvalue weighted by atomic mass is 35.5. The molecule has 0 atom stereocenters. The van der Waals surface area contributed by atoms with E-state index >= 15 is 0 Å². The Morgan fingerprint density at radius 2 is 1.36 bits per heavy atom. The minimum Gasteiger partial charge on any atom is -0.381 e. The summed E-state index contributed by atoms with van der Waals surface area (Å²) in [4.78, 5) is 0.232. The van der Waals surface area contributed by atoms with Crippen LogP contribution in [0.15, 0.2) is 83.8 Å². The van der Waals surface area contributed by atoms with Gasteiger partial charge in [-0.1, -0.05) is 48.0 Å². The first-order chi connectivity index (χ1) is 12.0. The van der Waals surface area contributed by atoms with Gasteiger partial charge in [0.25, 0.3) is 10.0 Å². The van der Waals surface area contributed by atoms with Crippen molar-refractivity contribution in [1.82, 2.24) is 0 Å². The summed E-state index contributed by atoms with van der Waals surface area (Å²) >= 11 is 6.13. The molecule has 25 heavy (non-hydrogen) atoms. The van der Waals surface area contributed by atoms with E-state index in [9.17, 15) is 8.42 Å². The molecule has 0 radical (unpaired) electrons. The summed E-state index contributed by atoms with van der Waals surface area (Å²) in [5, 5.41) is 3.97. The zero-order valence-corrected chi connectivity index (χ0v) is 14.9. The summed E-state index contributed by atoms with van der Waals surface area (Å²) in [6.45, 7) is 0.592. The van der Waals surface area contributed by atoms with E-state index in [-0.39, 0.29) is 4.90 Å². The lowest BCUT2D eigenvalue weighted by Gasteiger charge is -2.11. The van der Waals surface area contributed by atoms with Crippen molar-refractivity contribution in [2.45, 2.75) is 11.4 Å². The van der Waals surface area contributed by atoms with E-state index in [4.69, 9.17) is 11.6 Å². The molecule has 0 aromatic heterocycles. The highest BCUT2D eigenvalue weighted by Gasteiger charge is 2.13. The van der Waals surface area contributed by atoms with Gasteiger partial charge in [0.05, 0.1) is 4.90 Å². The summed E-state index contributed by atoms with van der Waals surface area (Å²) in [6.07, 6.45) is 0. The van der Waals surface area contributed by atoms with E-state index in [0.29, 0.717) is 17.3 Å². The number of hydrogen-bond donors (Lipinski definition) is 2.